The van der Waals surface area contributed by atoms with E-state index >= 15 is 0 Å². The van der Waals surface area contributed by atoms with Gasteiger partial charge in [0.2, 0.25) is 0 Å². The molecule has 2 rings (SSSR count). The molecule has 1 heterocycles. The first-order valence-electron chi connectivity index (χ1n) is 5.98. The van der Waals surface area contributed by atoms with Crippen molar-refractivity contribution in [2.45, 2.75) is 13.5 Å². The molecule has 1 amide bonds. The molecule has 2 aromatic rings. The summed E-state index contributed by atoms with van der Waals surface area (Å²) in [5, 5.41) is 13.5. The zero-order valence-electron chi connectivity index (χ0n) is 11.0. The third kappa shape index (κ3) is 3.94. The van der Waals surface area contributed by atoms with Gasteiger partial charge in [-0.15, -0.1) is 0 Å². The van der Waals surface area contributed by atoms with Crippen molar-refractivity contribution >= 4 is 34.2 Å². The van der Waals surface area contributed by atoms with Crippen LogP contribution in [0.2, 0.25) is 0 Å². The van der Waals surface area contributed by atoms with Crippen molar-refractivity contribution in [2.75, 3.05) is 0 Å². The summed E-state index contributed by atoms with van der Waals surface area (Å²) in [5.41, 5.74) is 0.838. The maximum absolute atomic E-state index is 12.1. The lowest BCUT2D eigenvalue weighted by Crippen LogP contribution is -2.24. The van der Waals surface area contributed by atoms with Crippen LogP contribution in [0, 0.1) is 20.6 Å². The molecule has 21 heavy (non-hydrogen) atoms. The minimum Gasteiger partial charge on any atom is -0.346 e. The van der Waals surface area contributed by atoms with Gasteiger partial charge in [-0.25, -0.2) is 9.97 Å². The largest absolute Gasteiger partial charge is 0.346 e. The van der Waals surface area contributed by atoms with Crippen LogP contribution < -0.4 is 5.32 Å². The molecule has 0 aliphatic rings. The molecule has 1 aromatic carbocycles. The smallest absolute Gasteiger partial charge is 0.270 e. The molecule has 7 nitrogen and oxygen atoms in total. The number of aryl methyl sites for hydroxylation is 1. The lowest BCUT2D eigenvalue weighted by Gasteiger charge is -2.07. The highest BCUT2D eigenvalue weighted by Crippen LogP contribution is 2.19. The van der Waals surface area contributed by atoms with E-state index in [9.17, 15) is 14.9 Å². The molecule has 8 heteroatoms. The van der Waals surface area contributed by atoms with Gasteiger partial charge >= 0.3 is 0 Å². The molecule has 1 N–H and O–H groups in total. The van der Waals surface area contributed by atoms with Crippen LogP contribution in [0.1, 0.15) is 21.9 Å². The first kappa shape index (κ1) is 15.3. The Hall–Kier alpha value is -2.10. The number of hydrogen-bond donors (Lipinski definition) is 1. The van der Waals surface area contributed by atoms with Crippen molar-refractivity contribution in [3.05, 3.63) is 61.2 Å². The van der Waals surface area contributed by atoms with E-state index in [0.717, 1.165) is 0 Å². The molecule has 108 valence electrons. The third-order valence-electron chi connectivity index (χ3n) is 2.67. The van der Waals surface area contributed by atoms with Crippen LogP contribution >= 0.6 is 22.6 Å². The van der Waals surface area contributed by atoms with E-state index in [1.165, 1.54) is 12.1 Å². The highest BCUT2D eigenvalue weighted by atomic mass is 127. The summed E-state index contributed by atoms with van der Waals surface area (Å²) < 4.78 is 0.648. The number of carbonyl (C=O) groups is 1. The van der Waals surface area contributed by atoms with Crippen molar-refractivity contribution in [1.82, 2.24) is 15.3 Å². The zero-order chi connectivity index (χ0) is 15.4. The van der Waals surface area contributed by atoms with Gasteiger partial charge in [-0.05, 0) is 41.6 Å². The average Bonchev–Trinajstić information content (AvgIpc) is 2.45. The molecule has 0 atom stereocenters. The van der Waals surface area contributed by atoms with E-state index in [1.807, 2.05) is 22.6 Å². The van der Waals surface area contributed by atoms with Crippen molar-refractivity contribution in [3.8, 4) is 0 Å². The van der Waals surface area contributed by atoms with Crippen LogP contribution in [-0.4, -0.2) is 20.8 Å². The van der Waals surface area contributed by atoms with Crippen LogP contribution in [0.4, 0.5) is 5.69 Å². The highest BCUT2D eigenvalue weighted by Gasteiger charge is 2.15. The number of rotatable bonds is 4. The SMILES string of the molecule is Cc1nccc(CNC(=O)c2cc([N+](=O)[O-])ccc2I)n1. The number of non-ortho nitro benzene ring substituents is 1. The molecule has 0 spiro atoms. The Bertz CT molecular complexity index is 706. The van der Waals surface area contributed by atoms with Gasteiger partial charge in [-0.3, -0.25) is 14.9 Å². The predicted molar refractivity (Wildman–Crippen MR) is 83.8 cm³/mol. The molecule has 0 saturated carbocycles. The fourth-order valence-electron chi connectivity index (χ4n) is 1.67. The van der Waals surface area contributed by atoms with E-state index < -0.39 is 4.92 Å². The highest BCUT2D eigenvalue weighted by molar-refractivity contribution is 14.1. The number of amides is 1. The minimum atomic E-state index is -0.527. The number of halogens is 1. The van der Waals surface area contributed by atoms with Crippen molar-refractivity contribution < 1.29 is 9.72 Å². The Morgan fingerprint density at radius 1 is 1.43 bits per heavy atom. The molecular formula is C13H11IN4O3. The minimum absolute atomic E-state index is 0.113. The van der Waals surface area contributed by atoms with Crippen LogP contribution in [0.25, 0.3) is 0 Å². The van der Waals surface area contributed by atoms with Gasteiger partial charge in [-0.1, -0.05) is 0 Å². The number of nitro benzene ring substituents is 1. The second kappa shape index (κ2) is 6.57. The summed E-state index contributed by atoms with van der Waals surface area (Å²) in [6, 6.07) is 5.88. The quantitative estimate of drug-likeness (QED) is 0.484. The van der Waals surface area contributed by atoms with E-state index in [4.69, 9.17) is 0 Å². The van der Waals surface area contributed by atoms with Gasteiger partial charge < -0.3 is 5.32 Å². The molecule has 0 radical (unpaired) electrons. The standard InChI is InChI=1S/C13H11IN4O3/c1-8-15-5-4-9(17-8)7-16-13(19)11-6-10(18(20)21)2-3-12(11)14/h2-6H,7H2,1H3,(H,16,19). The second-order valence-corrected chi connectivity index (χ2v) is 5.36. The number of carbonyl (C=O) groups excluding carboxylic acids is 1. The van der Waals surface area contributed by atoms with Gasteiger partial charge in [0.05, 0.1) is 22.7 Å². The van der Waals surface area contributed by atoms with Gasteiger partial charge in [-0.2, -0.15) is 0 Å². The molecule has 0 bridgehead atoms. The van der Waals surface area contributed by atoms with E-state index in [1.54, 1.807) is 25.3 Å². The average molecular weight is 398 g/mol. The Balaban J connectivity index is 2.13. The number of nitrogens with zero attached hydrogens (tertiary/aromatic N) is 3. The first-order valence-corrected chi connectivity index (χ1v) is 7.06. The van der Waals surface area contributed by atoms with E-state index in [2.05, 4.69) is 15.3 Å². The number of aromatic nitrogens is 2. The summed E-state index contributed by atoms with van der Waals surface area (Å²) in [6.07, 6.45) is 1.61. The number of nitrogens with one attached hydrogen (secondary N) is 1. The molecule has 0 aliphatic carbocycles. The maximum atomic E-state index is 12.1. The van der Waals surface area contributed by atoms with Crippen LogP contribution in [-0.2, 0) is 6.54 Å². The normalized spacial score (nSPS) is 10.2. The molecule has 0 unspecified atom stereocenters. The molecule has 0 fully saturated rings. The van der Waals surface area contributed by atoms with Crippen molar-refractivity contribution in [3.63, 3.8) is 0 Å². The summed E-state index contributed by atoms with van der Waals surface area (Å²) in [5.74, 6) is 0.242. The number of hydrogen-bond acceptors (Lipinski definition) is 5. The van der Waals surface area contributed by atoms with Crippen molar-refractivity contribution in [2.24, 2.45) is 0 Å². The van der Waals surface area contributed by atoms with Crippen molar-refractivity contribution in [1.29, 1.82) is 0 Å². The Labute approximate surface area is 134 Å². The lowest BCUT2D eigenvalue weighted by atomic mass is 10.2. The summed E-state index contributed by atoms with van der Waals surface area (Å²) in [7, 11) is 0. The van der Waals surface area contributed by atoms with Gasteiger partial charge in [0.1, 0.15) is 5.82 Å². The zero-order valence-corrected chi connectivity index (χ0v) is 13.2. The Morgan fingerprint density at radius 2 is 2.19 bits per heavy atom. The van der Waals surface area contributed by atoms with Crippen LogP contribution in [0.15, 0.2) is 30.5 Å². The van der Waals surface area contributed by atoms with Gasteiger partial charge in [0.25, 0.3) is 11.6 Å². The second-order valence-electron chi connectivity index (χ2n) is 4.20. The fourth-order valence-corrected chi connectivity index (χ4v) is 2.25. The molecule has 1 aromatic heterocycles. The van der Waals surface area contributed by atoms with Crippen LogP contribution in [0.3, 0.4) is 0 Å². The summed E-state index contributed by atoms with van der Waals surface area (Å²) in [6.45, 7) is 2.00. The molecular weight excluding hydrogens is 387 g/mol. The Morgan fingerprint density at radius 3 is 2.86 bits per heavy atom. The monoisotopic (exact) mass is 398 g/mol. The predicted octanol–water partition coefficient (Wildman–Crippen LogP) is 2.23. The van der Waals surface area contributed by atoms with Gasteiger partial charge in [0.15, 0.2) is 0 Å². The Kier molecular flexibility index (Phi) is 4.78. The molecule has 0 aliphatic heterocycles. The first-order chi connectivity index (χ1) is 9.97. The van der Waals surface area contributed by atoms with Gasteiger partial charge in [0, 0.05) is 21.9 Å². The van der Waals surface area contributed by atoms with Crippen LogP contribution in [0.5, 0.6) is 0 Å². The third-order valence-corrected chi connectivity index (χ3v) is 3.61. The fraction of sp³-hybridized carbons (Fsp3) is 0.154. The van der Waals surface area contributed by atoms with E-state index in [0.29, 0.717) is 15.1 Å². The summed E-state index contributed by atoms with van der Waals surface area (Å²) in [4.78, 5) is 30.5. The topological polar surface area (TPSA) is 98.0 Å². The molecule has 0 saturated heterocycles. The summed E-state index contributed by atoms with van der Waals surface area (Å²) >= 11 is 1.97. The number of nitro groups is 1. The lowest BCUT2D eigenvalue weighted by molar-refractivity contribution is -0.384. The number of benzene rings is 1. The van der Waals surface area contributed by atoms with E-state index in [-0.39, 0.29) is 23.7 Å². The maximum Gasteiger partial charge on any atom is 0.270 e.